The molecule has 2 aliphatic rings. The van der Waals surface area contributed by atoms with E-state index in [1.165, 1.54) is 25.0 Å². The minimum atomic E-state index is 0.550. The molecule has 2 N–H and O–H groups in total. The number of aromatic nitrogens is 2. The number of aromatic amines is 1. The maximum absolute atomic E-state index is 4.52. The highest BCUT2D eigenvalue weighted by Gasteiger charge is 2.22. The number of rotatable bonds is 3. The Morgan fingerprint density at radius 3 is 3.06 bits per heavy atom. The van der Waals surface area contributed by atoms with E-state index >= 15 is 0 Å². The molecule has 94 valence electrons. The number of piperazine rings is 1. The van der Waals surface area contributed by atoms with Gasteiger partial charge in [0.15, 0.2) is 0 Å². The zero-order valence-electron chi connectivity index (χ0n) is 10.6. The second kappa shape index (κ2) is 4.78. The fourth-order valence-corrected chi connectivity index (χ4v) is 2.77. The van der Waals surface area contributed by atoms with Crippen LogP contribution in [0.4, 0.5) is 0 Å². The van der Waals surface area contributed by atoms with Gasteiger partial charge in [-0.2, -0.15) is 0 Å². The van der Waals surface area contributed by atoms with E-state index in [0.717, 1.165) is 37.8 Å². The van der Waals surface area contributed by atoms with E-state index < -0.39 is 0 Å². The largest absolute Gasteiger partial charge is 0.346 e. The topological polar surface area (TPSA) is 44.0 Å². The first kappa shape index (κ1) is 11.2. The summed E-state index contributed by atoms with van der Waals surface area (Å²) in [5.41, 5.74) is 1.36. The minimum Gasteiger partial charge on any atom is -0.346 e. The molecule has 1 aliphatic heterocycles. The number of nitrogens with zero attached hydrogens (tertiary/aromatic N) is 2. The Labute approximate surface area is 103 Å². The Hall–Kier alpha value is -0.870. The highest BCUT2D eigenvalue weighted by molar-refractivity contribution is 5.11. The highest BCUT2D eigenvalue weighted by atomic mass is 15.2. The molecule has 1 unspecified atom stereocenters. The van der Waals surface area contributed by atoms with Crippen LogP contribution in [0.15, 0.2) is 6.20 Å². The van der Waals surface area contributed by atoms with Crippen molar-refractivity contribution in [2.75, 3.05) is 26.7 Å². The van der Waals surface area contributed by atoms with Crippen molar-refractivity contribution in [1.29, 1.82) is 0 Å². The van der Waals surface area contributed by atoms with Crippen LogP contribution in [0.2, 0.25) is 0 Å². The van der Waals surface area contributed by atoms with Gasteiger partial charge in [-0.15, -0.1) is 0 Å². The lowest BCUT2D eigenvalue weighted by Crippen LogP contribution is -2.50. The summed E-state index contributed by atoms with van der Waals surface area (Å²) in [7, 11) is 2.19. The maximum atomic E-state index is 4.52. The van der Waals surface area contributed by atoms with Crippen molar-refractivity contribution < 1.29 is 0 Å². The molecule has 1 aromatic rings. The number of hydrogen-bond acceptors (Lipinski definition) is 3. The van der Waals surface area contributed by atoms with Crippen molar-refractivity contribution >= 4 is 0 Å². The van der Waals surface area contributed by atoms with Crippen LogP contribution in [-0.4, -0.2) is 47.6 Å². The monoisotopic (exact) mass is 234 g/mol. The average molecular weight is 234 g/mol. The zero-order valence-corrected chi connectivity index (χ0v) is 10.6. The zero-order chi connectivity index (χ0) is 11.7. The summed E-state index contributed by atoms with van der Waals surface area (Å²) in [6.07, 6.45) is 7.13. The van der Waals surface area contributed by atoms with E-state index in [1.807, 2.05) is 6.20 Å². The molecular formula is C13H22N4. The molecule has 2 fully saturated rings. The smallest absolute Gasteiger partial charge is 0.107 e. The van der Waals surface area contributed by atoms with Crippen LogP contribution in [-0.2, 0) is 6.42 Å². The van der Waals surface area contributed by atoms with E-state index in [1.54, 1.807) is 0 Å². The van der Waals surface area contributed by atoms with Crippen LogP contribution in [0, 0.1) is 0 Å². The maximum Gasteiger partial charge on any atom is 0.107 e. The molecule has 0 spiro atoms. The van der Waals surface area contributed by atoms with E-state index in [-0.39, 0.29) is 0 Å². The van der Waals surface area contributed by atoms with Gasteiger partial charge in [0.1, 0.15) is 5.82 Å². The van der Waals surface area contributed by atoms with Crippen LogP contribution in [0.5, 0.6) is 0 Å². The van der Waals surface area contributed by atoms with E-state index in [4.69, 9.17) is 0 Å². The minimum absolute atomic E-state index is 0.550. The summed E-state index contributed by atoms with van der Waals surface area (Å²) in [5, 5.41) is 3.56. The van der Waals surface area contributed by atoms with Crippen LogP contribution in [0.25, 0.3) is 0 Å². The second-order valence-electron chi connectivity index (χ2n) is 5.53. The van der Waals surface area contributed by atoms with E-state index in [0.29, 0.717) is 6.04 Å². The van der Waals surface area contributed by atoms with Crippen LogP contribution < -0.4 is 5.32 Å². The molecule has 0 aromatic carbocycles. The molecule has 2 heterocycles. The Morgan fingerprint density at radius 1 is 1.47 bits per heavy atom. The van der Waals surface area contributed by atoms with Crippen LogP contribution in [0.3, 0.4) is 0 Å². The molecule has 4 nitrogen and oxygen atoms in total. The summed E-state index contributed by atoms with van der Waals surface area (Å²) in [5.74, 6) is 1.91. The lowest BCUT2D eigenvalue weighted by Gasteiger charge is -2.30. The molecule has 1 aliphatic carbocycles. The van der Waals surface area contributed by atoms with Crippen molar-refractivity contribution in [3.63, 3.8) is 0 Å². The van der Waals surface area contributed by atoms with Gasteiger partial charge in [0.05, 0.1) is 0 Å². The SMILES string of the molecule is CN1CCNC(Cc2ncc(C3CCC3)[nH]2)C1. The predicted molar refractivity (Wildman–Crippen MR) is 68.2 cm³/mol. The molecule has 17 heavy (non-hydrogen) atoms. The normalized spacial score (nSPS) is 27.0. The lowest BCUT2D eigenvalue weighted by molar-refractivity contribution is 0.236. The van der Waals surface area contributed by atoms with Crippen molar-refractivity contribution in [1.82, 2.24) is 20.2 Å². The Kier molecular flexibility index (Phi) is 3.16. The summed E-state index contributed by atoms with van der Waals surface area (Å²) in [6.45, 7) is 3.37. The third-order valence-corrected chi connectivity index (χ3v) is 4.09. The molecule has 1 saturated carbocycles. The van der Waals surface area contributed by atoms with Gasteiger partial charge in [0, 0.05) is 49.9 Å². The fourth-order valence-electron chi connectivity index (χ4n) is 2.77. The average Bonchev–Trinajstić information content (AvgIpc) is 2.63. The molecule has 4 heteroatoms. The molecule has 0 amide bonds. The quantitative estimate of drug-likeness (QED) is 0.824. The van der Waals surface area contributed by atoms with Crippen LogP contribution >= 0.6 is 0 Å². The second-order valence-corrected chi connectivity index (χ2v) is 5.53. The first-order valence-electron chi connectivity index (χ1n) is 6.77. The predicted octanol–water partition coefficient (Wildman–Crippen LogP) is 1.12. The van der Waals surface area contributed by atoms with Gasteiger partial charge in [-0.05, 0) is 19.9 Å². The lowest BCUT2D eigenvalue weighted by atomic mass is 9.83. The molecular weight excluding hydrogens is 212 g/mol. The summed E-state index contributed by atoms with van der Waals surface area (Å²) in [4.78, 5) is 10.4. The molecule has 0 bridgehead atoms. The van der Waals surface area contributed by atoms with Gasteiger partial charge in [-0.3, -0.25) is 0 Å². The van der Waals surface area contributed by atoms with Gasteiger partial charge >= 0.3 is 0 Å². The Bertz CT molecular complexity index is 369. The molecule has 3 rings (SSSR count). The number of imidazole rings is 1. The molecule has 1 aromatic heterocycles. The van der Waals surface area contributed by atoms with Crippen molar-refractivity contribution in [2.24, 2.45) is 0 Å². The van der Waals surface area contributed by atoms with Gasteiger partial charge in [-0.25, -0.2) is 4.98 Å². The first-order chi connectivity index (χ1) is 8.31. The summed E-state index contributed by atoms with van der Waals surface area (Å²) < 4.78 is 0. The van der Waals surface area contributed by atoms with Gasteiger partial charge in [-0.1, -0.05) is 6.42 Å². The Balaban J connectivity index is 1.58. The number of nitrogens with one attached hydrogen (secondary N) is 2. The van der Waals surface area contributed by atoms with Crippen molar-refractivity contribution in [2.45, 2.75) is 37.6 Å². The number of H-pyrrole nitrogens is 1. The summed E-state index contributed by atoms with van der Waals surface area (Å²) >= 11 is 0. The highest BCUT2D eigenvalue weighted by Crippen LogP contribution is 2.35. The van der Waals surface area contributed by atoms with E-state index in [9.17, 15) is 0 Å². The standard InChI is InChI=1S/C13H22N4/c1-17-6-5-14-11(9-17)7-13-15-8-12(16-13)10-3-2-4-10/h8,10-11,14H,2-7,9H2,1H3,(H,15,16). The first-order valence-corrected chi connectivity index (χ1v) is 6.77. The molecule has 0 radical (unpaired) electrons. The molecule has 1 saturated heterocycles. The number of likely N-dealkylation sites (N-methyl/N-ethyl adjacent to an activating group) is 1. The van der Waals surface area contributed by atoms with E-state index in [2.05, 4.69) is 27.2 Å². The molecule has 1 atom stereocenters. The van der Waals surface area contributed by atoms with Gasteiger partial charge < -0.3 is 15.2 Å². The van der Waals surface area contributed by atoms with Gasteiger partial charge in [0.2, 0.25) is 0 Å². The third-order valence-electron chi connectivity index (χ3n) is 4.09. The van der Waals surface area contributed by atoms with Crippen LogP contribution in [0.1, 0.15) is 36.7 Å². The number of hydrogen-bond donors (Lipinski definition) is 2. The summed E-state index contributed by atoms with van der Waals surface area (Å²) in [6, 6.07) is 0.550. The third kappa shape index (κ3) is 2.53. The van der Waals surface area contributed by atoms with Crippen molar-refractivity contribution in [3.8, 4) is 0 Å². The van der Waals surface area contributed by atoms with Gasteiger partial charge in [0.25, 0.3) is 0 Å². The van der Waals surface area contributed by atoms with Crippen molar-refractivity contribution in [3.05, 3.63) is 17.7 Å². The fraction of sp³-hybridized carbons (Fsp3) is 0.769. The Morgan fingerprint density at radius 2 is 2.35 bits per heavy atom.